The van der Waals surface area contributed by atoms with E-state index >= 15 is 0 Å². The van der Waals surface area contributed by atoms with Crippen molar-refractivity contribution in [2.24, 2.45) is 5.41 Å². The summed E-state index contributed by atoms with van der Waals surface area (Å²) in [5, 5.41) is 6.83. The maximum absolute atomic E-state index is 13.5. The van der Waals surface area contributed by atoms with E-state index in [-0.39, 0.29) is 11.2 Å². The van der Waals surface area contributed by atoms with Crippen LogP contribution >= 0.6 is 22.6 Å². The monoisotopic (exact) mass is 348 g/mol. The first-order valence-corrected chi connectivity index (χ1v) is 7.15. The predicted molar refractivity (Wildman–Crippen MR) is 79.1 cm³/mol. The van der Waals surface area contributed by atoms with E-state index in [1.54, 1.807) is 6.07 Å². The highest BCUT2D eigenvalue weighted by molar-refractivity contribution is 14.1. The second-order valence-corrected chi connectivity index (χ2v) is 5.89. The number of rotatable bonds is 2. The molecular formula is C13H18FIN2. The van der Waals surface area contributed by atoms with Crippen molar-refractivity contribution in [3.63, 3.8) is 0 Å². The zero-order valence-electron chi connectivity index (χ0n) is 10.2. The van der Waals surface area contributed by atoms with Gasteiger partial charge in [0.05, 0.1) is 14.9 Å². The SMILES string of the molecule is CCC1(CC)CNc2cc(F)c(I)cc2NC1. The molecule has 1 aromatic carbocycles. The van der Waals surface area contributed by atoms with Crippen LogP contribution in [0, 0.1) is 14.8 Å². The van der Waals surface area contributed by atoms with Crippen LogP contribution in [0.1, 0.15) is 26.7 Å². The van der Waals surface area contributed by atoms with E-state index in [1.807, 2.05) is 28.7 Å². The molecule has 2 rings (SSSR count). The summed E-state index contributed by atoms with van der Waals surface area (Å²) >= 11 is 2.03. The van der Waals surface area contributed by atoms with Gasteiger partial charge in [0.25, 0.3) is 0 Å². The molecule has 17 heavy (non-hydrogen) atoms. The molecule has 2 nitrogen and oxygen atoms in total. The Labute approximate surface area is 116 Å². The van der Waals surface area contributed by atoms with Crippen molar-refractivity contribution in [1.29, 1.82) is 0 Å². The number of halogens is 2. The van der Waals surface area contributed by atoms with Gasteiger partial charge in [-0.2, -0.15) is 0 Å². The summed E-state index contributed by atoms with van der Waals surface area (Å²) in [5.41, 5.74) is 2.16. The average molecular weight is 348 g/mol. The molecule has 0 unspecified atom stereocenters. The zero-order chi connectivity index (χ0) is 12.5. The number of hydrogen-bond acceptors (Lipinski definition) is 2. The Balaban J connectivity index is 2.30. The molecule has 0 spiro atoms. The van der Waals surface area contributed by atoms with Gasteiger partial charge in [0.15, 0.2) is 0 Å². The van der Waals surface area contributed by atoms with Gasteiger partial charge in [-0.3, -0.25) is 0 Å². The molecule has 0 aromatic heterocycles. The molecule has 0 aliphatic carbocycles. The fourth-order valence-corrected chi connectivity index (χ4v) is 2.68. The molecule has 0 radical (unpaired) electrons. The van der Waals surface area contributed by atoms with Gasteiger partial charge in [0.2, 0.25) is 0 Å². The second kappa shape index (κ2) is 5.00. The van der Waals surface area contributed by atoms with Gasteiger partial charge in [0.1, 0.15) is 5.82 Å². The summed E-state index contributed by atoms with van der Waals surface area (Å²) in [4.78, 5) is 0. The van der Waals surface area contributed by atoms with Crippen LogP contribution < -0.4 is 10.6 Å². The molecule has 1 aliphatic rings. The topological polar surface area (TPSA) is 24.1 Å². The molecule has 0 amide bonds. The Morgan fingerprint density at radius 2 is 1.71 bits per heavy atom. The first kappa shape index (κ1) is 12.9. The molecule has 94 valence electrons. The highest BCUT2D eigenvalue weighted by atomic mass is 127. The molecule has 2 N–H and O–H groups in total. The Hall–Kier alpha value is -0.520. The van der Waals surface area contributed by atoms with E-state index in [4.69, 9.17) is 0 Å². The molecule has 1 heterocycles. The third kappa shape index (κ3) is 2.51. The summed E-state index contributed by atoms with van der Waals surface area (Å²) in [6, 6.07) is 3.46. The minimum Gasteiger partial charge on any atom is -0.383 e. The summed E-state index contributed by atoms with van der Waals surface area (Å²) < 4.78 is 14.2. The Kier molecular flexibility index (Phi) is 3.80. The second-order valence-electron chi connectivity index (χ2n) is 4.73. The van der Waals surface area contributed by atoms with Crippen LogP contribution in [0.3, 0.4) is 0 Å². The average Bonchev–Trinajstić information content (AvgIpc) is 2.51. The fraction of sp³-hybridized carbons (Fsp3) is 0.538. The minimum absolute atomic E-state index is 0.154. The Morgan fingerprint density at radius 1 is 1.18 bits per heavy atom. The van der Waals surface area contributed by atoms with Crippen LogP contribution in [0.2, 0.25) is 0 Å². The van der Waals surface area contributed by atoms with Crippen molar-refractivity contribution in [3.8, 4) is 0 Å². The van der Waals surface area contributed by atoms with Crippen molar-refractivity contribution in [3.05, 3.63) is 21.5 Å². The lowest BCUT2D eigenvalue weighted by Crippen LogP contribution is -2.33. The lowest BCUT2D eigenvalue weighted by Gasteiger charge is -2.30. The summed E-state index contributed by atoms with van der Waals surface area (Å²) in [5.74, 6) is -0.154. The number of nitrogens with one attached hydrogen (secondary N) is 2. The number of hydrogen-bond donors (Lipinski definition) is 2. The Bertz CT molecular complexity index is 381. The van der Waals surface area contributed by atoms with Gasteiger partial charge in [-0.05, 0) is 41.5 Å². The van der Waals surface area contributed by atoms with E-state index in [9.17, 15) is 4.39 Å². The molecule has 0 fully saturated rings. The Morgan fingerprint density at radius 3 is 2.24 bits per heavy atom. The van der Waals surface area contributed by atoms with E-state index in [0.29, 0.717) is 3.57 Å². The van der Waals surface area contributed by atoms with Crippen molar-refractivity contribution in [2.45, 2.75) is 26.7 Å². The number of fused-ring (bicyclic) bond motifs is 1. The third-order valence-corrected chi connectivity index (χ3v) is 4.69. The quantitative estimate of drug-likeness (QED) is 0.788. The molecule has 0 saturated heterocycles. The van der Waals surface area contributed by atoms with Crippen molar-refractivity contribution in [2.75, 3.05) is 23.7 Å². The van der Waals surface area contributed by atoms with Crippen LogP contribution in [-0.2, 0) is 0 Å². The zero-order valence-corrected chi connectivity index (χ0v) is 12.4. The van der Waals surface area contributed by atoms with Gasteiger partial charge in [-0.15, -0.1) is 0 Å². The number of benzene rings is 1. The summed E-state index contributed by atoms with van der Waals surface area (Å²) in [6.07, 6.45) is 2.24. The lowest BCUT2D eigenvalue weighted by atomic mass is 9.82. The van der Waals surface area contributed by atoms with E-state index in [0.717, 1.165) is 37.3 Å². The molecule has 4 heteroatoms. The molecule has 0 atom stereocenters. The van der Waals surface area contributed by atoms with E-state index < -0.39 is 0 Å². The standard InChI is InChI=1S/C13H18FIN2/c1-3-13(4-2)7-16-11-5-9(14)10(15)6-12(11)17-8-13/h5-6,16-17H,3-4,7-8H2,1-2H3. The highest BCUT2D eigenvalue weighted by Gasteiger charge is 2.28. The van der Waals surface area contributed by atoms with Gasteiger partial charge < -0.3 is 10.6 Å². The maximum Gasteiger partial charge on any atom is 0.138 e. The largest absolute Gasteiger partial charge is 0.383 e. The smallest absolute Gasteiger partial charge is 0.138 e. The van der Waals surface area contributed by atoms with Crippen molar-refractivity contribution < 1.29 is 4.39 Å². The van der Waals surface area contributed by atoms with Crippen LogP contribution in [-0.4, -0.2) is 13.1 Å². The van der Waals surface area contributed by atoms with Crippen LogP contribution in [0.25, 0.3) is 0 Å². The van der Waals surface area contributed by atoms with Crippen LogP contribution in [0.15, 0.2) is 12.1 Å². The molecule has 0 bridgehead atoms. The first-order valence-electron chi connectivity index (χ1n) is 6.07. The minimum atomic E-state index is -0.154. The normalized spacial score (nSPS) is 17.6. The molecular weight excluding hydrogens is 330 g/mol. The first-order chi connectivity index (χ1) is 8.10. The lowest BCUT2D eigenvalue weighted by molar-refractivity contribution is 0.307. The highest BCUT2D eigenvalue weighted by Crippen LogP contribution is 2.35. The van der Waals surface area contributed by atoms with Gasteiger partial charge in [-0.25, -0.2) is 4.39 Å². The number of anilines is 2. The van der Waals surface area contributed by atoms with Crippen LogP contribution in [0.4, 0.5) is 15.8 Å². The van der Waals surface area contributed by atoms with Gasteiger partial charge in [-0.1, -0.05) is 13.8 Å². The van der Waals surface area contributed by atoms with Gasteiger partial charge >= 0.3 is 0 Å². The summed E-state index contributed by atoms with van der Waals surface area (Å²) in [6.45, 7) is 6.28. The van der Waals surface area contributed by atoms with Crippen molar-refractivity contribution >= 4 is 34.0 Å². The molecule has 1 aliphatic heterocycles. The van der Waals surface area contributed by atoms with Crippen molar-refractivity contribution in [1.82, 2.24) is 0 Å². The summed E-state index contributed by atoms with van der Waals surface area (Å²) in [7, 11) is 0. The van der Waals surface area contributed by atoms with Crippen LogP contribution in [0.5, 0.6) is 0 Å². The predicted octanol–water partition coefficient (Wildman–Crippen LogP) is 4.07. The third-order valence-electron chi connectivity index (χ3n) is 3.87. The fourth-order valence-electron chi connectivity index (χ4n) is 2.22. The maximum atomic E-state index is 13.5. The molecule has 1 aromatic rings. The van der Waals surface area contributed by atoms with E-state index in [2.05, 4.69) is 24.5 Å². The van der Waals surface area contributed by atoms with E-state index in [1.165, 1.54) is 0 Å². The molecule has 0 saturated carbocycles. The van der Waals surface area contributed by atoms with Gasteiger partial charge in [0, 0.05) is 24.6 Å².